The van der Waals surface area contributed by atoms with Crippen molar-refractivity contribution < 1.29 is 4.74 Å². The molecule has 0 aliphatic heterocycles. The lowest BCUT2D eigenvalue weighted by atomic mass is 9.80. The second-order valence-electron chi connectivity index (χ2n) is 6.65. The molecule has 3 unspecified atom stereocenters. The summed E-state index contributed by atoms with van der Waals surface area (Å²) in [6.45, 7) is 5.57. The molecular formula is C17H26N2O. The van der Waals surface area contributed by atoms with Crippen LogP contribution in [-0.2, 0) is 6.54 Å². The van der Waals surface area contributed by atoms with Crippen LogP contribution in [0.2, 0.25) is 0 Å². The number of nitrogens with zero attached hydrogens (tertiary/aromatic N) is 1. The minimum Gasteiger partial charge on any atom is -0.489 e. The average molecular weight is 274 g/mol. The number of hydrogen-bond donors (Lipinski definition) is 1. The highest BCUT2D eigenvalue weighted by Crippen LogP contribution is 2.31. The van der Waals surface area contributed by atoms with Crippen LogP contribution in [0, 0.1) is 11.8 Å². The van der Waals surface area contributed by atoms with E-state index >= 15 is 0 Å². The van der Waals surface area contributed by atoms with Crippen LogP contribution in [0.3, 0.4) is 0 Å². The van der Waals surface area contributed by atoms with Gasteiger partial charge in [-0.15, -0.1) is 0 Å². The molecule has 3 heteroatoms. The Balaban J connectivity index is 1.49. The quantitative estimate of drug-likeness (QED) is 0.892. The first-order chi connectivity index (χ1) is 9.70. The highest BCUT2D eigenvalue weighted by Gasteiger charge is 2.25. The lowest BCUT2D eigenvalue weighted by molar-refractivity contribution is 0.100. The third-order valence-corrected chi connectivity index (χ3v) is 4.80. The standard InChI is InChI=1S/C17H26N2O/c1-12-3-7-16(9-13(12)2)20-17-8-6-15(19-11-17)10-18-14-4-5-14/h6,8,11-14,16,18H,3-5,7,9-10H2,1-2H3. The molecule has 1 aromatic rings. The molecule has 20 heavy (non-hydrogen) atoms. The zero-order chi connectivity index (χ0) is 13.9. The van der Waals surface area contributed by atoms with Crippen molar-refractivity contribution in [2.24, 2.45) is 11.8 Å². The van der Waals surface area contributed by atoms with Crippen molar-refractivity contribution in [3.8, 4) is 5.75 Å². The van der Waals surface area contributed by atoms with Gasteiger partial charge < -0.3 is 10.1 Å². The monoisotopic (exact) mass is 274 g/mol. The van der Waals surface area contributed by atoms with E-state index in [0.29, 0.717) is 6.10 Å². The summed E-state index contributed by atoms with van der Waals surface area (Å²) in [6, 6.07) is 4.89. The molecule has 1 aromatic heterocycles. The van der Waals surface area contributed by atoms with Gasteiger partial charge in [-0.1, -0.05) is 13.8 Å². The smallest absolute Gasteiger partial charge is 0.138 e. The molecule has 1 heterocycles. The Kier molecular flexibility index (Phi) is 4.25. The third-order valence-electron chi connectivity index (χ3n) is 4.80. The Morgan fingerprint density at radius 1 is 1.15 bits per heavy atom. The predicted molar refractivity (Wildman–Crippen MR) is 80.7 cm³/mol. The Morgan fingerprint density at radius 2 is 2.00 bits per heavy atom. The van der Waals surface area contributed by atoms with E-state index in [1.165, 1.54) is 32.1 Å². The molecule has 0 bridgehead atoms. The maximum absolute atomic E-state index is 6.08. The SMILES string of the molecule is CC1CCC(Oc2ccc(CNC3CC3)nc2)CC1C. The van der Waals surface area contributed by atoms with Crippen molar-refractivity contribution in [1.82, 2.24) is 10.3 Å². The predicted octanol–water partition coefficient (Wildman–Crippen LogP) is 3.54. The summed E-state index contributed by atoms with van der Waals surface area (Å²) in [5, 5.41) is 3.48. The second-order valence-corrected chi connectivity index (χ2v) is 6.65. The summed E-state index contributed by atoms with van der Waals surface area (Å²) < 4.78 is 6.08. The summed E-state index contributed by atoms with van der Waals surface area (Å²) in [7, 11) is 0. The van der Waals surface area contributed by atoms with Gasteiger partial charge in [-0.2, -0.15) is 0 Å². The van der Waals surface area contributed by atoms with E-state index in [1.807, 2.05) is 6.20 Å². The molecule has 0 saturated heterocycles. The van der Waals surface area contributed by atoms with E-state index in [0.717, 1.165) is 35.9 Å². The first-order valence-corrected chi connectivity index (χ1v) is 8.05. The van der Waals surface area contributed by atoms with Gasteiger partial charge in [0.1, 0.15) is 5.75 Å². The van der Waals surface area contributed by atoms with Gasteiger partial charge in [0.05, 0.1) is 18.0 Å². The maximum Gasteiger partial charge on any atom is 0.138 e. The van der Waals surface area contributed by atoms with Crippen LogP contribution in [-0.4, -0.2) is 17.1 Å². The number of pyridine rings is 1. The van der Waals surface area contributed by atoms with Gasteiger partial charge in [-0.05, 0) is 56.1 Å². The lowest BCUT2D eigenvalue weighted by Gasteiger charge is -2.32. The van der Waals surface area contributed by atoms with Crippen LogP contribution < -0.4 is 10.1 Å². The normalized spacial score (nSPS) is 30.2. The Bertz CT molecular complexity index is 427. The van der Waals surface area contributed by atoms with Crippen molar-refractivity contribution in [3.63, 3.8) is 0 Å². The fourth-order valence-electron chi connectivity index (χ4n) is 2.92. The first kappa shape index (κ1) is 13.9. The average Bonchev–Trinajstić information content (AvgIpc) is 3.26. The van der Waals surface area contributed by atoms with Crippen LogP contribution in [0.25, 0.3) is 0 Å². The molecule has 2 fully saturated rings. The Labute approximate surface area is 122 Å². The minimum atomic E-state index is 0.374. The lowest BCUT2D eigenvalue weighted by Crippen LogP contribution is -2.28. The van der Waals surface area contributed by atoms with Crippen LogP contribution in [0.5, 0.6) is 5.75 Å². The molecule has 3 atom stereocenters. The molecule has 2 aliphatic rings. The zero-order valence-electron chi connectivity index (χ0n) is 12.6. The zero-order valence-corrected chi connectivity index (χ0v) is 12.6. The number of rotatable bonds is 5. The highest BCUT2D eigenvalue weighted by molar-refractivity contribution is 5.20. The van der Waals surface area contributed by atoms with Crippen molar-refractivity contribution in [2.75, 3.05) is 0 Å². The molecule has 0 spiro atoms. The molecule has 2 saturated carbocycles. The van der Waals surface area contributed by atoms with Gasteiger partial charge in [0.2, 0.25) is 0 Å². The van der Waals surface area contributed by atoms with Gasteiger partial charge in [0.15, 0.2) is 0 Å². The molecule has 110 valence electrons. The van der Waals surface area contributed by atoms with Crippen LogP contribution in [0.15, 0.2) is 18.3 Å². The number of aromatic nitrogens is 1. The van der Waals surface area contributed by atoms with E-state index in [1.54, 1.807) is 0 Å². The van der Waals surface area contributed by atoms with E-state index < -0.39 is 0 Å². The summed E-state index contributed by atoms with van der Waals surface area (Å²) in [6.07, 6.45) is 8.52. The Morgan fingerprint density at radius 3 is 2.65 bits per heavy atom. The van der Waals surface area contributed by atoms with Gasteiger partial charge in [-0.3, -0.25) is 4.98 Å². The molecular weight excluding hydrogens is 248 g/mol. The van der Waals surface area contributed by atoms with Crippen molar-refractivity contribution in [2.45, 2.75) is 64.6 Å². The van der Waals surface area contributed by atoms with Crippen LogP contribution in [0.1, 0.15) is 51.6 Å². The highest BCUT2D eigenvalue weighted by atomic mass is 16.5. The molecule has 3 rings (SSSR count). The number of hydrogen-bond acceptors (Lipinski definition) is 3. The summed E-state index contributed by atoms with van der Waals surface area (Å²) in [5.74, 6) is 2.53. The first-order valence-electron chi connectivity index (χ1n) is 8.05. The number of ether oxygens (including phenoxy) is 1. The molecule has 1 N–H and O–H groups in total. The fourth-order valence-corrected chi connectivity index (χ4v) is 2.92. The fraction of sp³-hybridized carbons (Fsp3) is 0.706. The van der Waals surface area contributed by atoms with Gasteiger partial charge >= 0.3 is 0 Å². The molecule has 0 amide bonds. The van der Waals surface area contributed by atoms with E-state index in [9.17, 15) is 0 Å². The molecule has 2 aliphatic carbocycles. The van der Waals surface area contributed by atoms with E-state index in [-0.39, 0.29) is 0 Å². The Hall–Kier alpha value is -1.09. The third kappa shape index (κ3) is 3.72. The molecule has 0 radical (unpaired) electrons. The van der Waals surface area contributed by atoms with Crippen molar-refractivity contribution >= 4 is 0 Å². The van der Waals surface area contributed by atoms with Crippen LogP contribution >= 0.6 is 0 Å². The van der Waals surface area contributed by atoms with Gasteiger partial charge in [0, 0.05) is 12.6 Å². The van der Waals surface area contributed by atoms with Crippen LogP contribution in [0.4, 0.5) is 0 Å². The van der Waals surface area contributed by atoms with Crippen molar-refractivity contribution in [1.29, 1.82) is 0 Å². The second kappa shape index (κ2) is 6.13. The summed E-state index contributed by atoms with van der Waals surface area (Å²) in [4.78, 5) is 4.49. The van der Waals surface area contributed by atoms with Gasteiger partial charge in [-0.25, -0.2) is 0 Å². The topological polar surface area (TPSA) is 34.1 Å². The largest absolute Gasteiger partial charge is 0.489 e. The van der Waals surface area contributed by atoms with Gasteiger partial charge in [0.25, 0.3) is 0 Å². The van der Waals surface area contributed by atoms with E-state index in [4.69, 9.17) is 4.74 Å². The molecule has 0 aromatic carbocycles. The summed E-state index contributed by atoms with van der Waals surface area (Å²) in [5.41, 5.74) is 1.11. The summed E-state index contributed by atoms with van der Waals surface area (Å²) >= 11 is 0. The number of nitrogens with one attached hydrogen (secondary N) is 1. The minimum absolute atomic E-state index is 0.374. The molecule has 3 nitrogen and oxygen atoms in total. The maximum atomic E-state index is 6.08. The van der Waals surface area contributed by atoms with Crippen molar-refractivity contribution in [3.05, 3.63) is 24.0 Å². The van der Waals surface area contributed by atoms with E-state index in [2.05, 4.69) is 36.3 Å².